The van der Waals surface area contributed by atoms with Crippen LogP contribution < -0.4 is 10.1 Å². The van der Waals surface area contributed by atoms with Gasteiger partial charge in [0.2, 0.25) is 0 Å². The first-order valence-corrected chi connectivity index (χ1v) is 6.13. The summed E-state index contributed by atoms with van der Waals surface area (Å²) in [5, 5.41) is 13.2. The Morgan fingerprint density at radius 2 is 1.86 bits per heavy atom. The molecule has 2 aromatic rings. The van der Waals surface area contributed by atoms with Gasteiger partial charge in [0.15, 0.2) is 11.6 Å². The minimum absolute atomic E-state index is 0.0256. The van der Waals surface area contributed by atoms with Crippen LogP contribution >= 0.6 is 0 Å². The number of rotatable bonds is 6. The molecule has 0 unspecified atom stereocenters. The zero-order valence-electron chi connectivity index (χ0n) is 10.9. The van der Waals surface area contributed by atoms with Crippen LogP contribution in [0.5, 0.6) is 5.75 Å². The molecule has 0 heterocycles. The second-order valence-electron chi connectivity index (χ2n) is 4.13. The predicted octanol–water partition coefficient (Wildman–Crippen LogP) is 3.36. The van der Waals surface area contributed by atoms with Crippen LogP contribution in [0.25, 0.3) is 0 Å². The summed E-state index contributed by atoms with van der Waals surface area (Å²) in [6.45, 7) is 0.463. The molecule has 0 saturated carbocycles. The summed E-state index contributed by atoms with van der Waals surface area (Å²) in [5.41, 5.74) is 0.0320. The number of hydrogen-bond acceptors (Lipinski definition) is 4. The fourth-order valence-corrected chi connectivity index (χ4v) is 1.66. The zero-order chi connectivity index (χ0) is 15.2. The van der Waals surface area contributed by atoms with E-state index in [2.05, 4.69) is 5.32 Å². The summed E-state index contributed by atoms with van der Waals surface area (Å²) < 4.78 is 31.6. The van der Waals surface area contributed by atoms with Crippen molar-refractivity contribution in [2.24, 2.45) is 0 Å². The summed E-state index contributed by atoms with van der Waals surface area (Å²) in [5.74, 6) is -1.40. The molecule has 7 heteroatoms. The lowest BCUT2D eigenvalue weighted by atomic mass is 10.3. The van der Waals surface area contributed by atoms with Crippen LogP contribution in [0, 0.1) is 21.7 Å². The molecule has 0 radical (unpaired) electrons. The fourth-order valence-electron chi connectivity index (χ4n) is 1.66. The third-order valence-corrected chi connectivity index (χ3v) is 2.69. The molecule has 0 aliphatic heterocycles. The van der Waals surface area contributed by atoms with Gasteiger partial charge in [0.05, 0.1) is 10.6 Å². The summed E-state index contributed by atoms with van der Waals surface area (Å²) in [6.07, 6.45) is 0. The van der Waals surface area contributed by atoms with Crippen LogP contribution in [0.2, 0.25) is 0 Å². The first-order chi connectivity index (χ1) is 10.1. The summed E-state index contributed by atoms with van der Waals surface area (Å²) >= 11 is 0. The fraction of sp³-hybridized carbons (Fsp3) is 0.143. The van der Waals surface area contributed by atoms with Gasteiger partial charge in [-0.05, 0) is 24.3 Å². The number of nitrogens with zero attached hydrogens (tertiary/aromatic N) is 1. The maximum absolute atomic E-state index is 13.3. The smallest absolute Gasteiger partial charge is 0.269 e. The quantitative estimate of drug-likeness (QED) is 0.504. The molecule has 21 heavy (non-hydrogen) atoms. The van der Waals surface area contributed by atoms with E-state index in [1.165, 1.54) is 36.4 Å². The second-order valence-corrected chi connectivity index (χ2v) is 4.13. The molecule has 0 saturated heterocycles. The Labute approximate surface area is 119 Å². The molecule has 2 rings (SSSR count). The highest BCUT2D eigenvalue weighted by molar-refractivity contribution is 5.44. The molecule has 0 bridgehead atoms. The average Bonchev–Trinajstić information content (AvgIpc) is 2.48. The van der Waals surface area contributed by atoms with Crippen molar-refractivity contribution in [3.05, 3.63) is 64.2 Å². The highest BCUT2D eigenvalue weighted by atomic mass is 19.2. The number of hydrogen-bond donors (Lipinski definition) is 1. The lowest BCUT2D eigenvalue weighted by Crippen LogP contribution is -2.12. The molecule has 1 N–H and O–H groups in total. The highest BCUT2D eigenvalue weighted by Gasteiger charge is 2.07. The normalized spacial score (nSPS) is 10.2. The molecule has 0 aliphatic rings. The second kappa shape index (κ2) is 6.65. The Kier molecular flexibility index (Phi) is 4.65. The Hall–Kier alpha value is -2.70. The minimum Gasteiger partial charge on any atom is -0.492 e. The third kappa shape index (κ3) is 3.88. The van der Waals surface area contributed by atoms with Crippen molar-refractivity contribution < 1.29 is 18.4 Å². The molecule has 0 spiro atoms. The van der Waals surface area contributed by atoms with Crippen molar-refractivity contribution in [2.45, 2.75) is 0 Å². The molecule has 0 aromatic heterocycles. The Morgan fingerprint density at radius 3 is 2.52 bits per heavy atom. The summed E-state index contributed by atoms with van der Waals surface area (Å²) in [7, 11) is 0. The summed E-state index contributed by atoms with van der Waals surface area (Å²) in [6, 6.07) is 9.46. The molecule has 5 nitrogen and oxygen atoms in total. The Bertz CT molecular complexity index is 633. The molecule has 110 valence electrons. The van der Waals surface area contributed by atoms with E-state index in [1.54, 1.807) is 0 Å². The number of halogens is 2. The lowest BCUT2D eigenvalue weighted by Gasteiger charge is -2.09. The van der Waals surface area contributed by atoms with Crippen molar-refractivity contribution in [3.63, 3.8) is 0 Å². The van der Waals surface area contributed by atoms with E-state index in [4.69, 9.17) is 4.74 Å². The van der Waals surface area contributed by atoms with E-state index >= 15 is 0 Å². The Morgan fingerprint density at radius 1 is 1.14 bits per heavy atom. The Balaban J connectivity index is 1.82. The van der Waals surface area contributed by atoms with Crippen LogP contribution in [-0.2, 0) is 0 Å². The highest BCUT2D eigenvalue weighted by Crippen LogP contribution is 2.18. The molecular formula is C14H12F2N2O3. The SMILES string of the molecule is O=[N+]([O-])c1ccc(OCCNc2cccc(F)c2F)cc1. The van der Waals surface area contributed by atoms with Crippen molar-refractivity contribution >= 4 is 11.4 Å². The van der Waals surface area contributed by atoms with Crippen LogP contribution in [0.15, 0.2) is 42.5 Å². The van der Waals surface area contributed by atoms with Crippen molar-refractivity contribution in [1.29, 1.82) is 0 Å². The van der Waals surface area contributed by atoms with Crippen molar-refractivity contribution in [1.82, 2.24) is 0 Å². The minimum atomic E-state index is -0.937. The van der Waals surface area contributed by atoms with Gasteiger partial charge in [-0.2, -0.15) is 0 Å². The first-order valence-electron chi connectivity index (χ1n) is 6.13. The van der Waals surface area contributed by atoms with Crippen LogP contribution in [-0.4, -0.2) is 18.1 Å². The standard InChI is InChI=1S/C14H12F2N2O3/c15-12-2-1-3-13(14(12)16)17-8-9-21-11-6-4-10(5-7-11)18(19)20/h1-7,17H,8-9H2. The number of nitro benzene ring substituents is 1. The van der Waals surface area contributed by atoms with Gasteiger partial charge in [-0.3, -0.25) is 10.1 Å². The van der Waals surface area contributed by atoms with E-state index in [9.17, 15) is 18.9 Å². The van der Waals surface area contributed by atoms with Crippen LogP contribution in [0.3, 0.4) is 0 Å². The number of nitrogens with one attached hydrogen (secondary N) is 1. The molecule has 0 amide bonds. The molecule has 0 aliphatic carbocycles. The number of non-ortho nitro benzene ring substituents is 1. The maximum Gasteiger partial charge on any atom is 0.269 e. The van der Waals surface area contributed by atoms with Gasteiger partial charge in [-0.1, -0.05) is 6.07 Å². The van der Waals surface area contributed by atoms with E-state index in [-0.39, 0.29) is 24.5 Å². The van der Waals surface area contributed by atoms with Gasteiger partial charge in [0.25, 0.3) is 5.69 Å². The van der Waals surface area contributed by atoms with E-state index in [1.807, 2.05) is 0 Å². The van der Waals surface area contributed by atoms with Gasteiger partial charge >= 0.3 is 0 Å². The third-order valence-electron chi connectivity index (χ3n) is 2.69. The van der Waals surface area contributed by atoms with Gasteiger partial charge < -0.3 is 10.1 Å². The zero-order valence-corrected chi connectivity index (χ0v) is 10.9. The number of benzene rings is 2. The molecule has 0 atom stereocenters. The number of nitro groups is 1. The van der Waals surface area contributed by atoms with Gasteiger partial charge in [0.1, 0.15) is 12.4 Å². The molecule has 0 fully saturated rings. The van der Waals surface area contributed by atoms with Gasteiger partial charge in [0, 0.05) is 18.7 Å². The lowest BCUT2D eigenvalue weighted by molar-refractivity contribution is -0.384. The monoisotopic (exact) mass is 294 g/mol. The van der Waals surface area contributed by atoms with E-state index in [0.717, 1.165) is 6.07 Å². The van der Waals surface area contributed by atoms with Crippen LogP contribution in [0.4, 0.5) is 20.2 Å². The largest absolute Gasteiger partial charge is 0.492 e. The topological polar surface area (TPSA) is 64.4 Å². The van der Waals surface area contributed by atoms with Crippen molar-refractivity contribution in [2.75, 3.05) is 18.5 Å². The molecular weight excluding hydrogens is 282 g/mol. The van der Waals surface area contributed by atoms with E-state index < -0.39 is 16.6 Å². The van der Waals surface area contributed by atoms with Gasteiger partial charge in [-0.15, -0.1) is 0 Å². The first kappa shape index (κ1) is 14.7. The van der Waals surface area contributed by atoms with Crippen LogP contribution in [0.1, 0.15) is 0 Å². The number of ether oxygens (including phenoxy) is 1. The number of anilines is 1. The van der Waals surface area contributed by atoms with Crippen molar-refractivity contribution in [3.8, 4) is 5.75 Å². The maximum atomic E-state index is 13.3. The summed E-state index contributed by atoms with van der Waals surface area (Å²) in [4.78, 5) is 9.98. The molecule has 2 aromatic carbocycles. The average molecular weight is 294 g/mol. The van der Waals surface area contributed by atoms with Gasteiger partial charge in [-0.25, -0.2) is 8.78 Å². The predicted molar refractivity (Wildman–Crippen MR) is 73.4 cm³/mol. The van der Waals surface area contributed by atoms with E-state index in [0.29, 0.717) is 5.75 Å².